The Kier molecular flexibility index (Phi) is 8.94. The zero-order valence-electron chi connectivity index (χ0n) is 15.0. The molecule has 1 saturated heterocycles. The molecule has 1 aliphatic heterocycles. The molecule has 2 unspecified atom stereocenters. The summed E-state index contributed by atoms with van der Waals surface area (Å²) >= 11 is 0. The van der Waals surface area contributed by atoms with Crippen LogP contribution in [0.5, 0.6) is 0 Å². The molecule has 0 saturated carbocycles. The van der Waals surface area contributed by atoms with Gasteiger partial charge in [-0.3, -0.25) is 4.79 Å². The van der Waals surface area contributed by atoms with E-state index in [1.54, 1.807) is 0 Å². The summed E-state index contributed by atoms with van der Waals surface area (Å²) in [5.41, 5.74) is 0.511. The number of aliphatic hydroxyl groups excluding tert-OH is 1. The van der Waals surface area contributed by atoms with Crippen LogP contribution in [-0.2, 0) is 20.9 Å². The lowest BCUT2D eigenvalue weighted by Gasteiger charge is -2.30. The molecule has 25 heavy (non-hydrogen) atoms. The van der Waals surface area contributed by atoms with Crippen molar-refractivity contribution in [2.75, 3.05) is 13.1 Å². The van der Waals surface area contributed by atoms with Gasteiger partial charge in [-0.15, -0.1) is 0 Å². The summed E-state index contributed by atoms with van der Waals surface area (Å²) in [7, 11) is 0. The first-order valence-electron chi connectivity index (χ1n) is 8.29. The lowest BCUT2D eigenvalue weighted by atomic mass is 10.0. The van der Waals surface area contributed by atoms with Gasteiger partial charge in [-0.05, 0) is 39.3 Å². The predicted molar refractivity (Wildman–Crippen MR) is 93.9 cm³/mol. The molecule has 1 aromatic rings. The van der Waals surface area contributed by atoms with E-state index in [4.69, 9.17) is 4.74 Å². The minimum Gasteiger partial charge on any atom is -0.463 e. The fourth-order valence-corrected chi connectivity index (χ4v) is 2.17. The van der Waals surface area contributed by atoms with Crippen LogP contribution in [0.15, 0.2) is 30.3 Å². The van der Waals surface area contributed by atoms with Gasteiger partial charge < -0.3 is 25.2 Å². The maximum absolute atomic E-state index is 11.4. The summed E-state index contributed by atoms with van der Waals surface area (Å²) in [5.74, 6) is 0. The number of hydrogen-bond donors (Lipinski definition) is 3. The average Bonchev–Trinajstić information content (AvgIpc) is 2.55. The molecule has 1 amide bonds. The number of aliphatic hydroxyl groups is 1. The Balaban J connectivity index is 0.000000271. The van der Waals surface area contributed by atoms with Crippen LogP contribution in [0.3, 0.4) is 0 Å². The van der Waals surface area contributed by atoms with Gasteiger partial charge in [-0.1, -0.05) is 30.3 Å². The standard InChI is InChI=1S/C10H20N2O3.C8H8O2/c1-10(2,3)15-9(14)12-7-4-5-11-6-8(7)13;9-7-10-6-8-4-2-1-3-5-8/h7-8,11,13H,4-6H2,1-3H3,(H,12,14);1-5,7H,6H2. The number of carbonyl (C=O) groups excluding carboxylic acids is 2. The van der Waals surface area contributed by atoms with E-state index >= 15 is 0 Å². The molecule has 0 radical (unpaired) electrons. The van der Waals surface area contributed by atoms with E-state index in [2.05, 4.69) is 15.4 Å². The minimum absolute atomic E-state index is 0.207. The van der Waals surface area contributed by atoms with Crippen LogP contribution in [0.2, 0.25) is 0 Å². The molecule has 140 valence electrons. The minimum atomic E-state index is -0.536. The van der Waals surface area contributed by atoms with Gasteiger partial charge in [-0.2, -0.15) is 0 Å². The number of amides is 1. The van der Waals surface area contributed by atoms with Crippen molar-refractivity contribution in [3.8, 4) is 0 Å². The Bertz CT molecular complexity index is 516. The van der Waals surface area contributed by atoms with E-state index in [0.717, 1.165) is 18.5 Å². The summed E-state index contributed by atoms with van der Waals surface area (Å²) < 4.78 is 9.65. The first kappa shape index (κ1) is 20.9. The van der Waals surface area contributed by atoms with Gasteiger partial charge in [0.15, 0.2) is 0 Å². The molecule has 0 spiro atoms. The third kappa shape index (κ3) is 9.69. The largest absolute Gasteiger partial charge is 0.463 e. The molecular weight excluding hydrogens is 324 g/mol. The van der Waals surface area contributed by atoms with Crippen LogP contribution in [0.4, 0.5) is 4.79 Å². The number of benzene rings is 1. The Morgan fingerprint density at radius 3 is 2.60 bits per heavy atom. The van der Waals surface area contributed by atoms with Gasteiger partial charge in [0.2, 0.25) is 0 Å². The second-order valence-electron chi connectivity index (χ2n) is 6.71. The van der Waals surface area contributed by atoms with Crippen molar-refractivity contribution in [3.05, 3.63) is 35.9 Å². The molecule has 2 rings (SSSR count). The number of β-amino-alcohol motifs (C(OH)–C–C–N with tert-alkyl or cyclic N) is 1. The highest BCUT2D eigenvalue weighted by molar-refractivity contribution is 5.68. The van der Waals surface area contributed by atoms with Gasteiger partial charge >= 0.3 is 6.09 Å². The zero-order chi connectivity index (χ0) is 18.7. The summed E-state index contributed by atoms with van der Waals surface area (Å²) in [6.45, 7) is 7.57. The monoisotopic (exact) mass is 352 g/mol. The molecule has 2 atom stereocenters. The molecule has 7 heteroatoms. The van der Waals surface area contributed by atoms with E-state index in [-0.39, 0.29) is 6.04 Å². The van der Waals surface area contributed by atoms with E-state index < -0.39 is 17.8 Å². The van der Waals surface area contributed by atoms with Gasteiger partial charge in [-0.25, -0.2) is 4.79 Å². The molecule has 1 aromatic carbocycles. The van der Waals surface area contributed by atoms with Gasteiger partial charge in [0.05, 0.1) is 12.1 Å². The predicted octanol–water partition coefficient (Wildman–Crippen LogP) is 1.59. The number of hydrogen-bond acceptors (Lipinski definition) is 6. The number of rotatable bonds is 4. The van der Waals surface area contributed by atoms with Crippen LogP contribution in [0.25, 0.3) is 0 Å². The highest BCUT2D eigenvalue weighted by Gasteiger charge is 2.26. The molecule has 1 fully saturated rings. The summed E-state index contributed by atoms with van der Waals surface area (Å²) in [6, 6.07) is 9.34. The summed E-state index contributed by atoms with van der Waals surface area (Å²) in [6.07, 6.45) is -0.278. The van der Waals surface area contributed by atoms with E-state index in [1.165, 1.54) is 0 Å². The average molecular weight is 352 g/mol. The quantitative estimate of drug-likeness (QED) is 0.712. The number of piperidine rings is 1. The zero-order valence-corrected chi connectivity index (χ0v) is 15.0. The second kappa shape index (κ2) is 10.7. The van der Waals surface area contributed by atoms with Crippen LogP contribution in [-0.4, -0.2) is 48.5 Å². The molecule has 0 aromatic heterocycles. The fraction of sp³-hybridized carbons (Fsp3) is 0.556. The summed E-state index contributed by atoms with van der Waals surface area (Å²) in [5, 5.41) is 15.3. The third-order valence-corrected chi connectivity index (χ3v) is 3.31. The van der Waals surface area contributed by atoms with Gasteiger partial charge in [0, 0.05) is 6.54 Å². The maximum atomic E-state index is 11.4. The Morgan fingerprint density at radius 1 is 1.36 bits per heavy atom. The Morgan fingerprint density at radius 2 is 2.04 bits per heavy atom. The van der Waals surface area contributed by atoms with Crippen molar-refractivity contribution in [1.29, 1.82) is 0 Å². The SMILES string of the molecule is CC(C)(C)OC(=O)NC1CCNCC1O.O=COCc1ccccc1. The maximum Gasteiger partial charge on any atom is 0.407 e. The lowest BCUT2D eigenvalue weighted by molar-refractivity contribution is -0.129. The highest BCUT2D eigenvalue weighted by atomic mass is 16.6. The van der Waals surface area contributed by atoms with Crippen LogP contribution in [0.1, 0.15) is 32.8 Å². The van der Waals surface area contributed by atoms with Crippen LogP contribution < -0.4 is 10.6 Å². The van der Waals surface area contributed by atoms with Crippen LogP contribution in [0, 0.1) is 0 Å². The molecule has 7 nitrogen and oxygen atoms in total. The van der Waals surface area contributed by atoms with E-state index in [0.29, 0.717) is 19.6 Å². The van der Waals surface area contributed by atoms with Crippen molar-refractivity contribution in [2.45, 2.75) is 51.5 Å². The normalized spacial score (nSPS) is 19.8. The molecular formula is C18H28N2O5. The first-order valence-corrected chi connectivity index (χ1v) is 8.29. The van der Waals surface area contributed by atoms with E-state index in [9.17, 15) is 14.7 Å². The molecule has 1 heterocycles. The number of ether oxygens (including phenoxy) is 2. The van der Waals surface area contributed by atoms with Gasteiger partial charge in [0.25, 0.3) is 6.47 Å². The Labute approximate surface area is 148 Å². The second-order valence-corrected chi connectivity index (χ2v) is 6.71. The van der Waals surface area contributed by atoms with Crippen molar-refractivity contribution in [3.63, 3.8) is 0 Å². The highest BCUT2D eigenvalue weighted by Crippen LogP contribution is 2.09. The van der Waals surface area contributed by atoms with Crippen LogP contribution >= 0.6 is 0 Å². The Hall–Kier alpha value is -2.12. The van der Waals surface area contributed by atoms with Gasteiger partial charge in [0.1, 0.15) is 12.2 Å². The smallest absolute Gasteiger partial charge is 0.407 e. The molecule has 3 N–H and O–H groups in total. The molecule has 0 aliphatic carbocycles. The number of nitrogens with one attached hydrogen (secondary N) is 2. The molecule has 0 bridgehead atoms. The number of carbonyl (C=O) groups is 2. The topological polar surface area (TPSA) is 96.9 Å². The summed E-state index contributed by atoms with van der Waals surface area (Å²) in [4.78, 5) is 21.2. The van der Waals surface area contributed by atoms with E-state index in [1.807, 2.05) is 51.1 Å². The van der Waals surface area contributed by atoms with Crippen molar-refractivity contribution >= 4 is 12.6 Å². The van der Waals surface area contributed by atoms with Crippen molar-refractivity contribution in [1.82, 2.24) is 10.6 Å². The fourth-order valence-electron chi connectivity index (χ4n) is 2.17. The number of alkyl carbamates (subject to hydrolysis) is 1. The lowest BCUT2D eigenvalue weighted by Crippen LogP contribution is -2.53. The first-order chi connectivity index (χ1) is 11.8. The van der Waals surface area contributed by atoms with Crippen molar-refractivity contribution in [2.24, 2.45) is 0 Å². The third-order valence-electron chi connectivity index (χ3n) is 3.31. The molecule has 1 aliphatic rings. The van der Waals surface area contributed by atoms with Crippen molar-refractivity contribution < 1.29 is 24.2 Å².